The van der Waals surface area contributed by atoms with Crippen LogP contribution >= 0.6 is 0 Å². The second-order valence-corrected chi connectivity index (χ2v) is 8.02. The normalized spacial score (nSPS) is 13.7. The largest absolute Gasteiger partial charge is 0.480 e. The Bertz CT molecular complexity index is 903. The van der Waals surface area contributed by atoms with Gasteiger partial charge in [-0.1, -0.05) is 37.8 Å². The monoisotopic (exact) mass is 427 g/mol. The Kier molecular flexibility index (Phi) is 8.38. The van der Waals surface area contributed by atoms with Gasteiger partial charge in [-0.15, -0.1) is 0 Å². The number of fused-ring (bicyclic) bond motifs is 1. The van der Waals surface area contributed by atoms with Gasteiger partial charge in [-0.3, -0.25) is 4.79 Å². The highest BCUT2D eigenvalue weighted by atomic mass is 19.1. The second kappa shape index (κ2) is 11.4. The van der Waals surface area contributed by atoms with Crippen molar-refractivity contribution >= 4 is 17.7 Å². The van der Waals surface area contributed by atoms with Crippen LogP contribution < -0.4 is 10.6 Å². The van der Waals surface area contributed by atoms with E-state index in [4.69, 9.17) is 4.98 Å². The fourth-order valence-corrected chi connectivity index (χ4v) is 3.82. The number of amides is 1. The molecule has 0 radical (unpaired) electrons. The highest BCUT2D eigenvalue weighted by Crippen LogP contribution is 2.20. The van der Waals surface area contributed by atoms with Gasteiger partial charge in [0.2, 0.25) is 0 Å². The molecular formula is C24H30FN3O3. The molecule has 2 heterocycles. The molecule has 31 heavy (non-hydrogen) atoms. The lowest BCUT2D eigenvalue weighted by Crippen LogP contribution is -2.40. The van der Waals surface area contributed by atoms with E-state index in [1.165, 1.54) is 23.8 Å². The first-order valence-electron chi connectivity index (χ1n) is 11.0. The van der Waals surface area contributed by atoms with Crippen molar-refractivity contribution < 1.29 is 19.1 Å². The van der Waals surface area contributed by atoms with Crippen molar-refractivity contribution in [1.29, 1.82) is 0 Å². The van der Waals surface area contributed by atoms with Crippen molar-refractivity contribution in [3.8, 4) is 0 Å². The molecule has 0 aliphatic carbocycles. The van der Waals surface area contributed by atoms with E-state index in [2.05, 4.69) is 22.8 Å². The summed E-state index contributed by atoms with van der Waals surface area (Å²) in [5.41, 5.74) is 2.53. The van der Waals surface area contributed by atoms with Crippen LogP contribution in [0.4, 0.5) is 10.2 Å². The highest BCUT2D eigenvalue weighted by molar-refractivity contribution is 5.96. The summed E-state index contributed by atoms with van der Waals surface area (Å²) in [7, 11) is 0. The molecule has 0 saturated heterocycles. The molecule has 166 valence electrons. The zero-order valence-corrected chi connectivity index (χ0v) is 17.7. The van der Waals surface area contributed by atoms with E-state index in [-0.39, 0.29) is 5.56 Å². The number of pyridine rings is 1. The summed E-state index contributed by atoms with van der Waals surface area (Å²) in [6.45, 7) is 0.990. The van der Waals surface area contributed by atoms with Gasteiger partial charge in [0.25, 0.3) is 5.91 Å². The number of carboxylic acids is 1. The standard InChI is InChI=1S/C24H30FN3O3/c25-19-10-6-8-18(16-19)23(29)28-21(24(30)31)12-5-3-1-2-4-11-20-14-13-17-9-7-15-26-22(17)27-20/h6,8,10,13-14,16,21H,1-5,7,9,11-12,15H2,(H,26,27)(H,28,29)(H,30,31). The summed E-state index contributed by atoms with van der Waals surface area (Å²) >= 11 is 0. The Balaban J connectivity index is 1.33. The number of carboxylic acid groups (broad SMARTS) is 1. The van der Waals surface area contributed by atoms with E-state index in [9.17, 15) is 19.1 Å². The topological polar surface area (TPSA) is 91.3 Å². The minimum absolute atomic E-state index is 0.122. The SMILES string of the molecule is O=C(NC(CCCCCCCc1ccc2c(n1)NCCC2)C(=O)O)c1cccc(F)c1. The Morgan fingerprint density at radius 3 is 2.74 bits per heavy atom. The molecule has 1 aliphatic heterocycles. The van der Waals surface area contributed by atoms with Gasteiger partial charge in [-0.2, -0.15) is 0 Å². The van der Waals surface area contributed by atoms with Crippen LogP contribution in [0.15, 0.2) is 36.4 Å². The number of rotatable bonds is 11. The number of aryl methyl sites for hydroxylation is 2. The molecule has 2 aromatic rings. The van der Waals surface area contributed by atoms with Crippen LogP contribution in [0.2, 0.25) is 0 Å². The van der Waals surface area contributed by atoms with Crippen LogP contribution in [0.25, 0.3) is 0 Å². The minimum Gasteiger partial charge on any atom is -0.480 e. The van der Waals surface area contributed by atoms with Gasteiger partial charge >= 0.3 is 5.97 Å². The number of unbranched alkanes of at least 4 members (excludes halogenated alkanes) is 4. The summed E-state index contributed by atoms with van der Waals surface area (Å²) in [5.74, 6) is -1.14. The number of halogens is 1. The average molecular weight is 428 g/mol. The molecule has 1 aliphatic rings. The van der Waals surface area contributed by atoms with Crippen LogP contribution in [-0.2, 0) is 17.6 Å². The Morgan fingerprint density at radius 2 is 1.94 bits per heavy atom. The minimum atomic E-state index is -1.07. The number of nitrogens with one attached hydrogen (secondary N) is 2. The predicted molar refractivity (Wildman–Crippen MR) is 118 cm³/mol. The zero-order valence-electron chi connectivity index (χ0n) is 17.7. The van der Waals surface area contributed by atoms with Crippen molar-refractivity contribution in [1.82, 2.24) is 10.3 Å². The van der Waals surface area contributed by atoms with Gasteiger partial charge < -0.3 is 15.7 Å². The van der Waals surface area contributed by atoms with E-state index >= 15 is 0 Å². The number of aromatic nitrogens is 1. The molecule has 0 bridgehead atoms. The maximum atomic E-state index is 13.3. The molecule has 1 aromatic carbocycles. The zero-order chi connectivity index (χ0) is 22.1. The van der Waals surface area contributed by atoms with Gasteiger partial charge in [-0.05, 0) is 61.9 Å². The van der Waals surface area contributed by atoms with E-state index in [1.54, 1.807) is 0 Å². The maximum Gasteiger partial charge on any atom is 0.326 e. The first kappa shape index (κ1) is 22.7. The molecule has 0 spiro atoms. The molecule has 1 amide bonds. The molecule has 0 fully saturated rings. The number of hydrogen-bond donors (Lipinski definition) is 3. The number of hydrogen-bond acceptors (Lipinski definition) is 4. The number of carbonyl (C=O) groups excluding carboxylic acids is 1. The van der Waals surface area contributed by atoms with Gasteiger partial charge in [0.15, 0.2) is 0 Å². The third-order valence-electron chi connectivity index (χ3n) is 5.57. The van der Waals surface area contributed by atoms with Crippen molar-refractivity contribution in [2.24, 2.45) is 0 Å². The van der Waals surface area contributed by atoms with Crippen molar-refractivity contribution in [2.75, 3.05) is 11.9 Å². The predicted octanol–water partition coefficient (Wildman–Crippen LogP) is 4.35. The molecule has 3 rings (SSSR count). The van der Waals surface area contributed by atoms with Crippen molar-refractivity contribution in [2.45, 2.75) is 63.8 Å². The third-order valence-corrected chi connectivity index (χ3v) is 5.57. The van der Waals surface area contributed by atoms with E-state index < -0.39 is 23.7 Å². The number of aliphatic carboxylic acids is 1. The van der Waals surface area contributed by atoms with Crippen molar-refractivity contribution in [3.05, 3.63) is 59.0 Å². The number of carbonyl (C=O) groups is 2. The maximum absolute atomic E-state index is 13.3. The van der Waals surface area contributed by atoms with Gasteiger partial charge in [0.1, 0.15) is 17.7 Å². The van der Waals surface area contributed by atoms with E-state index in [1.807, 2.05) is 0 Å². The molecule has 6 nitrogen and oxygen atoms in total. The van der Waals surface area contributed by atoms with Crippen LogP contribution in [0.5, 0.6) is 0 Å². The lowest BCUT2D eigenvalue weighted by molar-refractivity contribution is -0.139. The average Bonchev–Trinajstić information content (AvgIpc) is 2.77. The molecular weight excluding hydrogens is 397 g/mol. The lowest BCUT2D eigenvalue weighted by atomic mass is 10.0. The van der Waals surface area contributed by atoms with Crippen LogP contribution in [0.1, 0.15) is 66.6 Å². The molecule has 1 unspecified atom stereocenters. The Hall–Kier alpha value is -2.96. The molecule has 1 atom stereocenters. The fraction of sp³-hybridized carbons (Fsp3) is 0.458. The number of nitrogens with zero attached hydrogens (tertiary/aromatic N) is 1. The third kappa shape index (κ3) is 7.05. The molecule has 3 N–H and O–H groups in total. The first-order chi connectivity index (χ1) is 15.0. The van der Waals surface area contributed by atoms with Crippen LogP contribution in [-0.4, -0.2) is 34.6 Å². The summed E-state index contributed by atoms with van der Waals surface area (Å²) in [6, 6.07) is 8.55. The second-order valence-electron chi connectivity index (χ2n) is 8.02. The van der Waals surface area contributed by atoms with Gasteiger partial charge in [0.05, 0.1) is 0 Å². The van der Waals surface area contributed by atoms with E-state index in [0.717, 1.165) is 69.1 Å². The first-order valence-corrected chi connectivity index (χ1v) is 11.0. The summed E-state index contributed by atoms with van der Waals surface area (Å²) in [4.78, 5) is 28.3. The highest BCUT2D eigenvalue weighted by Gasteiger charge is 2.20. The molecule has 1 aromatic heterocycles. The van der Waals surface area contributed by atoms with Crippen molar-refractivity contribution in [3.63, 3.8) is 0 Å². The summed E-state index contributed by atoms with van der Waals surface area (Å²) in [6.07, 6.45) is 8.27. The van der Waals surface area contributed by atoms with Gasteiger partial charge in [-0.25, -0.2) is 14.2 Å². The molecule has 7 heteroatoms. The summed E-state index contributed by atoms with van der Waals surface area (Å²) in [5, 5.41) is 15.2. The summed E-state index contributed by atoms with van der Waals surface area (Å²) < 4.78 is 13.3. The quantitative estimate of drug-likeness (QED) is 0.464. The smallest absolute Gasteiger partial charge is 0.326 e. The lowest BCUT2D eigenvalue weighted by Gasteiger charge is -2.17. The number of benzene rings is 1. The molecule has 0 saturated carbocycles. The fourth-order valence-electron chi connectivity index (χ4n) is 3.82. The Labute approximate surface area is 182 Å². The number of anilines is 1. The van der Waals surface area contributed by atoms with Gasteiger partial charge in [0, 0.05) is 17.8 Å². The van der Waals surface area contributed by atoms with Crippen LogP contribution in [0, 0.1) is 5.82 Å². The van der Waals surface area contributed by atoms with E-state index in [0.29, 0.717) is 12.8 Å². The Morgan fingerprint density at radius 1 is 1.13 bits per heavy atom. The van der Waals surface area contributed by atoms with Crippen LogP contribution in [0.3, 0.4) is 0 Å².